The molecule has 4 aromatic rings. The van der Waals surface area contributed by atoms with Crippen molar-refractivity contribution in [2.45, 2.75) is 26.2 Å². The number of esters is 1. The van der Waals surface area contributed by atoms with Gasteiger partial charge in [-0.25, -0.2) is 4.79 Å². The lowest BCUT2D eigenvalue weighted by atomic mass is 10.1. The molecule has 1 aliphatic rings. The van der Waals surface area contributed by atoms with Gasteiger partial charge in [0.05, 0.1) is 23.1 Å². The fourth-order valence-electron chi connectivity index (χ4n) is 4.21. The van der Waals surface area contributed by atoms with Crippen LogP contribution in [0.5, 0.6) is 17.2 Å². The van der Waals surface area contributed by atoms with Crippen LogP contribution in [-0.4, -0.2) is 24.2 Å². The molecule has 0 saturated carbocycles. The fourth-order valence-corrected chi connectivity index (χ4v) is 4.21. The molecule has 3 aromatic carbocycles. The zero-order valence-corrected chi connectivity index (χ0v) is 20.2. The molecule has 0 unspecified atom stereocenters. The van der Waals surface area contributed by atoms with Gasteiger partial charge in [0.25, 0.3) is 5.76 Å². The Kier molecular flexibility index (Phi) is 6.81. The summed E-state index contributed by atoms with van der Waals surface area (Å²) in [7, 11) is 0. The number of hydrogen-bond acceptors (Lipinski definition) is 7. The van der Waals surface area contributed by atoms with E-state index >= 15 is 0 Å². The van der Waals surface area contributed by atoms with Gasteiger partial charge in [-0.15, -0.1) is 0 Å². The Morgan fingerprint density at radius 1 is 1.03 bits per heavy atom. The van der Waals surface area contributed by atoms with E-state index in [0.29, 0.717) is 17.9 Å². The molecule has 5 rings (SSSR count). The Labute approximate surface area is 215 Å². The van der Waals surface area contributed by atoms with Crippen molar-refractivity contribution in [3.8, 4) is 17.2 Å². The molecule has 0 atom stereocenters. The highest BCUT2D eigenvalue weighted by atomic mass is 19.4. The highest BCUT2D eigenvalue weighted by molar-refractivity contribution is 5.89. The molecule has 1 aromatic heterocycles. The van der Waals surface area contributed by atoms with Crippen molar-refractivity contribution in [1.82, 2.24) is 4.90 Å². The van der Waals surface area contributed by atoms with Gasteiger partial charge in [-0.3, -0.25) is 9.69 Å². The number of nitrogens with zero attached hydrogens (tertiary/aromatic N) is 1. The van der Waals surface area contributed by atoms with Gasteiger partial charge in [0.1, 0.15) is 23.8 Å². The van der Waals surface area contributed by atoms with Crippen LogP contribution in [0, 0.1) is 0 Å². The first-order valence-corrected chi connectivity index (χ1v) is 11.8. The number of carbonyl (C=O) groups is 1. The summed E-state index contributed by atoms with van der Waals surface area (Å²) in [6.45, 7) is 2.76. The van der Waals surface area contributed by atoms with Crippen LogP contribution in [0.4, 0.5) is 13.2 Å². The lowest BCUT2D eigenvalue weighted by Gasteiger charge is -2.29. The van der Waals surface area contributed by atoms with E-state index in [-0.39, 0.29) is 42.2 Å². The van der Waals surface area contributed by atoms with Gasteiger partial charge in [-0.1, -0.05) is 30.3 Å². The molecule has 0 radical (unpaired) electrons. The van der Waals surface area contributed by atoms with Crippen molar-refractivity contribution in [3.05, 3.63) is 99.4 Å². The summed E-state index contributed by atoms with van der Waals surface area (Å²) in [4.78, 5) is 27.0. The third-order valence-electron chi connectivity index (χ3n) is 5.95. The average Bonchev–Trinajstić information content (AvgIpc) is 2.90. The number of halogens is 3. The molecule has 0 N–H and O–H groups in total. The maximum Gasteiger partial charge on any atom is 0.453 e. The molecule has 2 heterocycles. The monoisotopic (exact) mass is 525 g/mol. The van der Waals surface area contributed by atoms with E-state index < -0.39 is 29.1 Å². The molecule has 7 nitrogen and oxygen atoms in total. The van der Waals surface area contributed by atoms with Gasteiger partial charge in [0.2, 0.25) is 11.2 Å². The van der Waals surface area contributed by atoms with Gasteiger partial charge < -0.3 is 18.6 Å². The summed E-state index contributed by atoms with van der Waals surface area (Å²) in [5.41, 5.74) is 0.352. The molecule has 196 valence electrons. The Balaban J connectivity index is 1.53. The molecular formula is C28H22F3NO6. The number of benzene rings is 3. The average molecular weight is 525 g/mol. The SMILES string of the molecule is CCOC(=O)c1ccc(Oc2c(C(F)(F)F)oc3c4c(ccc3c2=O)OCN(Cc2ccccc2)C4)cc1. The largest absolute Gasteiger partial charge is 0.478 e. The smallest absolute Gasteiger partial charge is 0.453 e. The Morgan fingerprint density at radius 2 is 1.76 bits per heavy atom. The van der Waals surface area contributed by atoms with Crippen molar-refractivity contribution in [3.63, 3.8) is 0 Å². The molecule has 1 aliphatic heterocycles. The summed E-state index contributed by atoms with van der Waals surface area (Å²) < 4.78 is 63.7. The van der Waals surface area contributed by atoms with Crippen LogP contribution in [-0.2, 0) is 24.0 Å². The topological polar surface area (TPSA) is 78.2 Å². The molecule has 0 aliphatic carbocycles. The van der Waals surface area contributed by atoms with E-state index in [4.69, 9.17) is 18.6 Å². The molecule has 0 fully saturated rings. The first-order valence-electron chi connectivity index (χ1n) is 11.8. The summed E-state index contributed by atoms with van der Waals surface area (Å²) in [5.74, 6) is -2.87. The highest BCUT2D eigenvalue weighted by Gasteiger charge is 2.41. The minimum Gasteiger partial charge on any atom is -0.478 e. The predicted molar refractivity (Wildman–Crippen MR) is 131 cm³/mol. The van der Waals surface area contributed by atoms with Crippen molar-refractivity contribution in [2.75, 3.05) is 13.3 Å². The van der Waals surface area contributed by atoms with Crippen LogP contribution in [0.2, 0.25) is 0 Å². The minimum absolute atomic E-state index is 0.0694. The summed E-state index contributed by atoms with van der Waals surface area (Å²) in [6.07, 6.45) is -5.02. The fraction of sp³-hybridized carbons (Fsp3) is 0.214. The zero-order chi connectivity index (χ0) is 26.9. The van der Waals surface area contributed by atoms with Crippen molar-refractivity contribution in [2.24, 2.45) is 0 Å². The van der Waals surface area contributed by atoms with Crippen molar-refractivity contribution < 1.29 is 36.6 Å². The number of rotatable bonds is 6. The van der Waals surface area contributed by atoms with Crippen LogP contribution in [0.15, 0.2) is 75.9 Å². The Bertz CT molecular complexity index is 1530. The van der Waals surface area contributed by atoms with E-state index in [1.807, 2.05) is 35.2 Å². The first-order chi connectivity index (χ1) is 18.2. The van der Waals surface area contributed by atoms with Crippen LogP contribution in [0.25, 0.3) is 11.0 Å². The van der Waals surface area contributed by atoms with Gasteiger partial charge in [-0.2, -0.15) is 13.2 Å². The molecule has 0 amide bonds. The normalized spacial score (nSPS) is 13.6. The second-order valence-electron chi connectivity index (χ2n) is 8.60. The van der Waals surface area contributed by atoms with Crippen LogP contribution in [0.1, 0.15) is 34.2 Å². The van der Waals surface area contributed by atoms with Gasteiger partial charge in [0, 0.05) is 13.1 Å². The third-order valence-corrected chi connectivity index (χ3v) is 5.95. The molecular weight excluding hydrogens is 503 g/mol. The maximum atomic E-state index is 14.1. The van der Waals surface area contributed by atoms with E-state index in [0.717, 1.165) is 5.56 Å². The van der Waals surface area contributed by atoms with E-state index in [9.17, 15) is 22.8 Å². The lowest BCUT2D eigenvalue weighted by Crippen LogP contribution is -2.31. The zero-order valence-electron chi connectivity index (χ0n) is 20.2. The number of hydrogen-bond donors (Lipinski definition) is 0. The van der Waals surface area contributed by atoms with Crippen LogP contribution in [0.3, 0.4) is 0 Å². The van der Waals surface area contributed by atoms with Crippen molar-refractivity contribution >= 4 is 16.9 Å². The minimum atomic E-state index is -5.02. The Hall–Kier alpha value is -4.31. The highest BCUT2D eigenvalue weighted by Crippen LogP contribution is 2.41. The molecule has 0 saturated heterocycles. The number of fused-ring (bicyclic) bond motifs is 3. The molecule has 0 bridgehead atoms. The summed E-state index contributed by atoms with van der Waals surface area (Å²) in [5, 5.41) is -0.0694. The number of alkyl halides is 3. The third kappa shape index (κ3) is 5.08. The standard InChI is InChI=1S/C28H22F3NO6/c1-2-35-27(34)18-8-10-19(11-9-18)37-25-23(33)20-12-13-22-21(24(20)38-26(25)28(29,30)31)15-32(16-36-22)14-17-6-4-3-5-7-17/h3-13H,2,14-16H2,1H3. The predicted octanol–water partition coefficient (Wildman–Crippen LogP) is 6.13. The van der Waals surface area contributed by atoms with E-state index in [2.05, 4.69) is 0 Å². The lowest BCUT2D eigenvalue weighted by molar-refractivity contribution is -0.154. The second kappa shape index (κ2) is 10.2. The first kappa shape index (κ1) is 25.3. The second-order valence-corrected chi connectivity index (χ2v) is 8.60. The van der Waals surface area contributed by atoms with E-state index in [1.54, 1.807) is 13.0 Å². The summed E-state index contributed by atoms with van der Waals surface area (Å²) >= 11 is 0. The van der Waals surface area contributed by atoms with Crippen LogP contribution < -0.4 is 14.9 Å². The number of carbonyl (C=O) groups excluding carboxylic acids is 1. The number of ether oxygens (including phenoxy) is 3. The maximum absolute atomic E-state index is 14.1. The molecule has 38 heavy (non-hydrogen) atoms. The van der Waals surface area contributed by atoms with E-state index in [1.165, 1.54) is 30.3 Å². The van der Waals surface area contributed by atoms with Crippen molar-refractivity contribution in [1.29, 1.82) is 0 Å². The van der Waals surface area contributed by atoms with Gasteiger partial charge in [0.15, 0.2) is 0 Å². The van der Waals surface area contributed by atoms with Gasteiger partial charge in [-0.05, 0) is 48.9 Å². The quantitative estimate of drug-likeness (QED) is 0.280. The summed E-state index contributed by atoms with van der Waals surface area (Å²) in [6, 6.07) is 17.7. The molecule has 0 spiro atoms. The molecule has 10 heteroatoms. The van der Waals surface area contributed by atoms with Gasteiger partial charge >= 0.3 is 12.1 Å². The van der Waals surface area contributed by atoms with Crippen LogP contribution >= 0.6 is 0 Å². The Morgan fingerprint density at radius 3 is 2.45 bits per heavy atom.